The molecule has 4 nitrogen and oxygen atoms in total. The molecule has 1 fully saturated rings. The number of hydrogen-bond acceptors (Lipinski definition) is 3. The molecule has 84 valence electrons. The predicted octanol–water partition coefficient (Wildman–Crippen LogP) is 0.456. The van der Waals surface area contributed by atoms with E-state index in [1.54, 1.807) is 0 Å². The van der Waals surface area contributed by atoms with Crippen molar-refractivity contribution in [3.63, 3.8) is 0 Å². The molecule has 1 aliphatic rings. The van der Waals surface area contributed by atoms with E-state index in [0.717, 1.165) is 25.8 Å². The molecule has 1 rings (SSSR count). The summed E-state index contributed by atoms with van der Waals surface area (Å²) >= 11 is 0. The summed E-state index contributed by atoms with van der Waals surface area (Å²) < 4.78 is 26.4. The van der Waals surface area contributed by atoms with Crippen molar-refractivity contribution in [2.45, 2.75) is 44.4 Å². The van der Waals surface area contributed by atoms with Gasteiger partial charge >= 0.3 is 0 Å². The number of nitrogens with one attached hydrogen (secondary N) is 2. The number of hydrogen-bond donors (Lipinski definition) is 2. The van der Waals surface area contributed by atoms with Crippen LogP contribution in [0.5, 0.6) is 0 Å². The molecule has 0 aromatic heterocycles. The molecule has 0 saturated carbocycles. The first-order chi connectivity index (χ1) is 6.60. The zero-order chi connectivity index (χ0) is 10.6. The number of rotatable bonds is 5. The Morgan fingerprint density at radius 1 is 1.43 bits per heavy atom. The van der Waals surface area contributed by atoms with Gasteiger partial charge in [0, 0.05) is 12.6 Å². The summed E-state index contributed by atoms with van der Waals surface area (Å²) in [6, 6.07) is 0.0978. The van der Waals surface area contributed by atoms with Crippen LogP contribution < -0.4 is 10.0 Å². The fraction of sp³-hybridized carbons (Fsp3) is 1.00. The lowest BCUT2D eigenvalue weighted by atomic mass is 10.2. The molecule has 0 aromatic carbocycles. The van der Waals surface area contributed by atoms with Gasteiger partial charge < -0.3 is 5.32 Å². The topological polar surface area (TPSA) is 58.2 Å². The Labute approximate surface area is 86.5 Å². The van der Waals surface area contributed by atoms with Crippen LogP contribution in [0.15, 0.2) is 0 Å². The second-order valence-electron chi connectivity index (χ2n) is 3.79. The predicted molar refractivity (Wildman–Crippen MR) is 57.7 cm³/mol. The lowest BCUT2D eigenvalue weighted by Gasteiger charge is -2.18. The normalized spacial score (nSPS) is 23.2. The van der Waals surface area contributed by atoms with E-state index in [-0.39, 0.29) is 11.3 Å². The Morgan fingerprint density at radius 2 is 2.07 bits per heavy atom. The van der Waals surface area contributed by atoms with Gasteiger partial charge in [-0.1, -0.05) is 13.8 Å². The van der Waals surface area contributed by atoms with Gasteiger partial charge in [-0.25, -0.2) is 13.1 Å². The van der Waals surface area contributed by atoms with Crippen molar-refractivity contribution in [3.05, 3.63) is 0 Å². The molecule has 2 N–H and O–H groups in total. The Bertz CT molecular complexity index is 254. The molecule has 0 amide bonds. The van der Waals surface area contributed by atoms with Crippen molar-refractivity contribution in [3.8, 4) is 0 Å². The highest BCUT2D eigenvalue weighted by Gasteiger charge is 2.29. The van der Waals surface area contributed by atoms with Crippen LogP contribution in [0.1, 0.15) is 33.1 Å². The van der Waals surface area contributed by atoms with E-state index in [4.69, 9.17) is 0 Å². The molecule has 0 radical (unpaired) electrons. The van der Waals surface area contributed by atoms with Crippen LogP contribution in [0.3, 0.4) is 0 Å². The highest BCUT2D eigenvalue weighted by molar-refractivity contribution is 7.90. The Hall–Kier alpha value is -0.130. The third-order valence-electron chi connectivity index (χ3n) is 2.77. The third-order valence-corrected chi connectivity index (χ3v) is 4.71. The summed E-state index contributed by atoms with van der Waals surface area (Å²) in [6.07, 6.45) is 2.45. The van der Waals surface area contributed by atoms with Crippen molar-refractivity contribution in [2.75, 3.05) is 13.1 Å². The van der Waals surface area contributed by atoms with E-state index in [9.17, 15) is 8.42 Å². The van der Waals surface area contributed by atoms with E-state index < -0.39 is 10.0 Å². The van der Waals surface area contributed by atoms with Gasteiger partial charge in [-0.2, -0.15) is 0 Å². The molecule has 14 heavy (non-hydrogen) atoms. The van der Waals surface area contributed by atoms with Crippen LogP contribution in [0.2, 0.25) is 0 Å². The zero-order valence-corrected chi connectivity index (χ0v) is 9.73. The minimum Gasteiger partial charge on any atom is -0.315 e. The van der Waals surface area contributed by atoms with Crippen molar-refractivity contribution in [1.29, 1.82) is 0 Å². The van der Waals surface area contributed by atoms with Gasteiger partial charge in [-0.05, 0) is 25.8 Å². The summed E-state index contributed by atoms with van der Waals surface area (Å²) in [4.78, 5) is 0. The quantitative estimate of drug-likeness (QED) is 0.707. The van der Waals surface area contributed by atoms with Crippen LogP contribution in [0, 0.1) is 0 Å². The summed E-state index contributed by atoms with van der Waals surface area (Å²) in [7, 11) is -3.10. The van der Waals surface area contributed by atoms with Crippen LogP contribution in [-0.2, 0) is 10.0 Å². The molecule has 0 aliphatic carbocycles. The van der Waals surface area contributed by atoms with E-state index in [2.05, 4.69) is 10.0 Å². The lowest BCUT2D eigenvalue weighted by Crippen LogP contribution is -2.41. The molecular formula is C9H20N2O2S. The first-order valence-corrected chi connectivity index (χ1v) is 6.86. The average molecular weight is 220 g/mol. The lowest BCUT2D eigenvalue weighted by molar-refractivity contribution is 0.521. The minimum absolute atomic E-state index is 0.0978. The van der Waals surface area contributed by atoms with Crippen molar-refractivity contribution >= 4 is 10.0 Å². The second kappa shape index (κ2) is 5.09. The Balaban J connectivity index is 2.56. The van der Waals surface area contributed by atoms with Crippen molar-refractivity contribution in [1.82, 2.24) is 10.0 Å². The van der Waals surface area contributed by atoms with Gasteiger partial charge in [-0.15, -0.1) is 0 Å². The highest BCUT2D eigenvalue weighted by Crippen LogP contribution is 2.10. The van der Waals surface area contributed by atoms with E-state index in [1.165, 1.54) is 0 Å². The molecular weight excluding hydrogens is 200 g/mol. The SMILES string of the molecule is CCC(CC)NS(=O)(=O)C1CCNC1. The van der Waals surface area contributed by atoms with E-state index >= 15 is 0 Å². The molecule has 1 heterocycles. The molecule has 0 spiro atoms. The standard InChI is InChI=1S/C9H20N2O2S/c1-3-8(4-2)11-14(12,13)9-5-6-10-7-9/h8-11H,3-7H2,1-2H3. The minimum atomic E-state index is -3.10. The average Bonchev–Trinajstić information content (AvgIpc) is 2.67. The molecule has 1 saturated heterocycles. The van der Waals surface area contributed by atoms with Gasteiger partial charge in [0.15, 0.2) is 0 Å². The largest absolute Gasteiger partial charge is 0.315 e. The van der Waals surface area contributed by atoms with E-state index in [0.29, 0.717) is 6.54 Å². The van der Waals surface area contributed by atoms with Crippen molar-refractivity contribution < 1.29 is 8.42 Å². The second-order valence-corrected chi connectivity index (χ2v) is 5.78. The first kappa shape index (κ1) is 11.9. The summed E-state index contributed by atoms with van der Waals surface area (Å²) in [5.41, 5.74) is 0. The maximum absolute atomic E-state index is 11.8. The van der Waals surface area contributed by atoms with Crippen molar-refractivity contribution in [2.24, 2.45) is 0 Å². The van der Waals surface area contributed by atoms with Crippen LogP contribution in [0.4, 0.5) is 0 Å². The van der Waals surface area contributed by atoms with Gasteiger partial charge in [0.25, 0.3) is 0 Å². The van der Waals surface area contributed by atoms with Gasteiger partial charge in [0.2, 0.25) is 10.0 Å². The molecule has 0 bridgehead atoms. The first-order valence-electron chi connectivity index (χ1n) is 5.32. The third kappa shape index (κ3) is 2.93. The van der Waals surface area contributed by atoms with E-state index in [1.807, 2.05) is 13.8 Å². The number of sulfonamides is 1. The zero-order valence-electron chi connectivity index (χ0n) is 8.91. The fourth-order valence-electron chi connectivity index (χ4n) is 1.68. The Morgan fingerprint density at radius 3 is 2.50 bits per heavy atom. The fourth-order valence-corrected chi connectivity index (χ4v) is 3.43. The summed E-state index contributed by atoms with van der Waals surface area (Å²) in [6.45, 7) is 5.41. The van der Waals surface area contributed by atoms with Crippen LogP contribution in [0.25, 0.3) is 0 Å². The highest BCUT2D eigenvalue weighted by atomic mass is 32.2. The summed E-state index contributed by atoms with van der Waals surface area (Å²) in [5.74, 6) is 0. The molecule has 5 heteroatoms. The van der Waals surface area contributed by atoms with Crippen LogP contribution >= 0.6 is 0 Å². The summed E-state index contributed by atoms with van der Waals surface area (Å²) in [5, 5.41) is 2.84. The molecule has 1 atom stereocenters. The van der Waals surface area contributed by atoms with Gasteiger partial charge in [-0.3, -0.25) is 0 Å². The molecule has 0 aromatic rings. The van der Waals surface area contributed by atoms with Gasteiger partial charge in [0.1, 0.15) is 0 Å². The maximum Gasteiger partial charge on any atom is 0.216 e. The monoisotopic (exact) mass is 220 g/mol. The van der Waals surface area contributed by atoms with Crippen LogP contribution in [-0.4, -0.2) is 32.8 Å². The van der Waals surface area contributed by atoms with Gasteiger partial charge in [0.05, 0.1) is 5.25 Å². The molecule has 1 aliphatic heterocycles. The molecule has 1 unspecified atom stereocenters. The smallest absolute Gasteiger partial charge is 0.216 e. The maximum atomic E-state index is 11.8. The Kier molecular flexibility index (Phi) is 4.34.